The van der Waals surface area contributed by atoms with Crippen LogP contribution in [-0.2, 0) is 11.3 Å². The van der Waals surface area contributed by atoms with Crippen LogP contribution >= 0.6 is 0 Å². The van der Waals surface area contributed by atoms with Gasteiger partial charge in [-0.2, -0.15) is 0 Å². The molecule has 0 radical (unpaired) electrons. The largest absolute Gasteiger partial charge is 0.381 e. The van der Waals surface area contributed by atoms with Crippen LogP contribution in [-0.4, -0.2) is 27.7 Å². The van der Waals surface area contributed by atoms with Crippen molar-refractivity contribution in [1.29, 1.82) is 0 Å². The molecule has 0 bridgehead atoms. The molecule has 0 atom stereocenters. The van der Waals surface area contributed by atoms with Gasteiger partial charge in [0.25, 0.3) is 0 Å². The number of nitrogens with zero attached hydrogens (tertiary/aromatic N) is 3. The minimum atomic E-state index is 0.465. The summed E-state index contributed by atoms with van der Waals surface area (Å²) in [6, 6.07) is 14.5. The third-order valence-corrected chi connectivity index (χ3v) is 4.30. The van der Waals surface area contributed by atoms with Crippen molar-refractivity contribution in [2.45, 2.75) is 25.3 Å². The number of fused-ring (bicyclic) bond motifs is 1. The maximum Gasteiger partial charge on any atom is 0.160 e. The van der Waals surface area contributed by atoms with Crippen molar-refractivity contribution < 1.29 is 4.74 Å². The maximum absolute atomic E-state index is 5.50. The summed E-state index contributed by atoms with van der Waals surface area (Å²) in [6.45, 7) is 2.47. The number of rotatable bonds is 3. The number of benzene rings is 1. The smallest absolute Gasteiger partial charge is 0.160 e. The van der Waals surface area contributed by atoms with Crippen LogP contribution in [0.4, 0.5) is 0 Å². The van der Waals surface area contributed by atoms with Crippen LogP contribution < -0.4 is 0 Å². The highest BCUT2D eigenvalue weighted by atomic mass is 16.5. The molecule has 1 aliphatic heterocycles. The van der Waals surface area contributed by atoms with Gasteiger partial charge in [-0.15, -0.1) is 0 Å². The van der Waals surface area contributed by atoms with E-state index in [1.807, 2.05) is 24.4 Å². The van der Waals surface area contributed by atoms with Crippen molar-refractivity contribution in [1.82, 2.24) is 14.5 Å². The molecule has 0 amide bonds. The van der Waals surface area contributed by atoms with E-state index >= 15 is 0 Å². The van der Waals surface area contributed by atoms with E-state index in [-0.39, 0.29) is 0 Å². The second-order valence-corrected chi connectivity index (χ2v) is 5.77. The summed E-state index contributed by atoms with van der Waals surface area (Å²) in [4.78, 5) is 9.44. The monoisotopic (exact) mass is 293 g/mol. The van der Waals surface area contributed by atoms with Gasteiger partial charge in [-0.25, -0.2) is 9.97 Å². The lowest BCUT2D eigenvalue weighted by atomic mass is 9.99. The van der Waals surface area contributed by atoms with E-state index in [0.717, 1.165) is 49.6 Å². The zero-order valence-corrected chi connectivity index (χ0v) is 12.5. The minimum Gasteiger partial charge on any atom is -0.381 e. The van der Waals surface area contributed by atoms with E-state index in [1.54, 1.807) is 0 Å². The van der Waals surface area contributed by atoms with Crippen LogP contribution in [0, 0.1) is 0 Å². The van der Waals surface area contributed by atoms with Gasteiger partial charge in [-0.3, -0.25) is 0 Å². The average molecular weight is 293 g/mol. The van der Waals surface area contributed by atoms with E-state index in [2.05, 4.69) is 33.8 Å². The normalized spacial score (nSPS) is 16.2. The lowest BCUT2D eigenvalue weighted by Crippen LogP contribution is -2.18. The number of imidazole rings is 1. The van der Waals surface area contributed by atoms with Crippen molar-refractivity contribution in [3.8, 4) is 0 Å². The van der Waals surface area contributed by atoms with Crippen LogP contribution in [0.2, 0.25) is 0 Å². The van der Waals surface area contributed by atoms with Gasteiger partial charge in [0.2, 0.25) is 0 Å². The zero-order valence-electron chi connectivity index (χ0n) is 12.5. The molecule has 0 saturated carbocycles. The Morgan fingerprint density at radius 3 is 2.68 bits per heavy atom. The van der Waals surface area contributed by atoms with Gasteiger partial charge in [0, 0.05) is 25.3 Å². The fraction of sp³-hybridized carbons (Fsp3) is 0.333. The van der Waals surface area contributed by atoms with Crippen molar-refractivity contribution in [3.05, 3.63) is 60.0 Å². The first-order valence-electron chi connectivity index (χ1n) is 7.84. The highest BCUT2D eigenvalue weighted by Gasteiger charge is 2.23. The van der Waals surface area contributed by atoms with Crippen molar-refractivity contribution >= 4 is 11.2 Å². The van der Waals surface area contributed by atoms with Gasteiger partial charge in [0.15, 0.2) is 5.65 Å². The summed E-state index contributed by atoms with van der Waals surface area (Å²) in [5, 5.41) is 0. The highest BCUT2D eigenvalue weighted by Crippen LogP contribution is 2.29. The Hall–Kier alpha value is -2.20. The molecule has 0 aliphatic carbocycles. The topological polar surface area (TPSA) is 39.9 Å². The molecule has 1 aromatic carbocycles. The first kappa shape index (κ1) is 13.5. The first-order valence-corrected chi connectivity index (χ1v) is 7.84. The van der Waals surface area contributed by atoms with E-state index in [9.17, 15) is 0 Å². The Morgan fingerprint density at radius 2 is 1.86 bits per heavy atom. The fourth-order valence-corrected chi connectivity index (χ4v) is 3.17. The molecular formula is C18H19N3O. The molecule has 0 spiro atoms. The third-order valence-electron chi connectivity index (χ3n) is 4.30. The van der Waals surface area contributed by atoms with Gasteiger partial charge in [-0.1, -0.05) is 30.3 Å². The number of ether oxygens (including phenoxy) is 1. The lowest BCUT2D eigenvalue weighted by Gasteiger charge is -2.22. The van der Waals surface area contributed by atoms with E-state index in [1.165, 1.54) is 5.56 Å². The van der Waals surface area contributed by atoms with Crippen LogP contribution in [0.3, 0.4) is 0 Å². The molecule has 0 unspecified atom stereocenters. The Kier molecular flexibility index (Phi) is 3.60. The molecule has 3 aromatic rings. The summed E-state index contributed by atoms with van der Waals surface area (Å²) in [7, 11) is 0. The van der Waals surface area contributed by atoms with Gasteiger partial charge in [0.05, 0.1) is 6.54 Å². The van der Waals surface area contributed by atoms with E-state index in [4.69, 9.17) is 9.72 Å². The number of hydrogen-bond donors (Lipinski definition) is 0. The van der Waals surface area contributed by atoms with Crippen LogP contribution in [0.5, 0.6) is 0 Å². The third kappa shape index (κ3) is 2.50. The summed E-state index contributed by atoms with van der Waals surface area (Å²) in [6.07, 6.45) is 3.93. The Labute approximate surface area is 129 Å². The van der Waals surface area contributed by atoms with Gasteiger partial charge in [0.1, 0.15) is 11.3 Å². The summed E-state index contributed by atoms with van der Waals surface area (Å²) in [5.41, 5.74) is 3.24. The maximum atomic E-state index is 5.50. The van der Waals surface area contributed by atoms with Gasteiger partial charge in [-0.05, 0) is 30.5 Å². The Morgan fingerprint density at radius 1 is 1.05 bits per heavy atom. The number of aromatic nitrogens is 3. The molecule has 1 fully saturated rings. The predicted octanol–water partition coefficient (Wildman–Crippen LogP) is 3.37. The number of pyridine rings is 1. The summed E-state index contributed by atoms with van der Waals surface area (Å²) in [5.74, 6) is 1.62. The molecule has 0 N–H and O–H groups in total. The quantitative estimate of drug-likeness (QED) is 0.743. The molecule has 22 heavy (non-hydrogen) atoms. The van der Waals surface area contributed by atoms with Gasteiger partial charge < -0.3 is 9.30 Å². The standard InChI is InChI=1S/C18H19N3O/c1-2-5-14(6-3-1)13-21-17(15-8-11-22-12-9-15)20-16-7-4-10-19-18(16)21/h1-7,10,15H,8-9,11-13H2. The minimum absolute atomic E-state index is 0.465. The second kappa shape index (κ2) is 5.89. The zero-order chi connectivity index (χ0) is 14.8. The summed E-state index contributed by atoms with van der Waals surface area (Å²) < 4.78 is 7.78. The fourth-order valence-electron chi connectivity index (χ4n) is 3.17. The van der Waals surface area contributed by atoms with Crippen LogP contribution in [0.25, 0.3) is 11.2 Å². The molecular weight excluding hydrogens is 274 g/mol. The molecule has 4 heteroatoms. The molecule has 1 saturated heterocycles. The molecule has 4 nitrogen and oxygen atoms in total. The van der Waals surface area contributed by atoms with Crippen LogP contribution in [0.15, 0.2) is 48.7 Å². The number of hydrogen-bond acceptors (Lipinski definition) is 3. The molecule has 3 heterocycles. The molecule has 4 rings (SSSR count). The Balaban J connectivity index is 1.79. The molecule has 112 valence electrons. The molecule has 2 aromatic heterocycles. The van der Waals surface area contributed by atoms with Crippen molar-refractivity contribution in [2.24, 2.45) is 0 Å². The van der Waals surface area contributed by atoms with Crippen LogP contribution in [0.1, 0.15) is 30.1 Å². The van der Waals surface area contributed by atoms with E-state index < -0.39 is 0 Å². The lowest BCUT2D eigenvalue weighted by molar-refractivity contribution is 0.0830. The van der Waals surface area contributed by atoms with Crippen molar-refractivity contribution in [3.63, 3.8) is 0 Å². The predicted molar refractivity (Wildman–Crippen MR) is 85.9 cm³/mol. The summed E-state index contributed by atoms with van der Waals surface area (Å²) >= 11 is 0. The van der Waals surface area contributed by atoms with Crippen molar-refractivity contribution in [2.75, 3.05) is 13.2 Å². The Bertz CT molecular complexity index is 760. The molecule has 1 aliphatic rings. The van der Waals surface area contributed by atoms with E-state index in [0.29, 0.717) is 5.92 Å². The highest BCUT2D eigenvalue weighted by molar-refractivity contribution is 5.71. The van der Waals surface area contributed by atoms with Gasteiger partial charge >= 0.3 is 0 Å². The first-order chi connectivity index (χ1) is 10.9. The SMILES string of the molecule is c1ccc(Cn2c(C3CCOCC3)nc3cccnc32)cc1. The second-order valence-electron chi connectivity index (χ2n) is 5.77. The average Bonchev–Trinajstić information content (AvgIpc) is 2.95.